The minimum Gasteiger partial charge on any atom is -0.456 e. The second-order valence-electron chi connectivity index (χ2n) is 19.2. The molecule has 0 saturated heterocycles. The number of nitrogens with zero attached hydrogens (tertiary/aromatic N) is 1. The number of hydrogen-bond acceptors (Lipinski definition) is 2. The molecule has 1 aromatic heterocycles. The third-order valence-electron chi connectivity index (χ3n) is 15.2. The SMILES string of the molecule is c1ccc(-c2ccc(-c3ccc4cc(N(c5ccc(-c6ccc7oc8ccccc8c7c6)cc5)c5ccccc5-c5cccc6c5-c5ccccc5C6(c5ccccc5)c5ccccc5)ccc4c3)cc2)cc1. The maximum atomic E-state index is 6.22. The van der Waals surface area contributed by atoms with Gasteiger partial charge in [-0.3, -0.25) is 0 Å². The molecule has 0 spiro atoms. The van der Waals surface area contributed by atoms with Crippen LogP contribution in [0, 0.1) is 0 Å². The van der Waals surface area contributed by atoms with E-state index in [-0.39, 0.29) is 0 Å². The Morgan fingerprint density at radius 2 is 0.781 bits per heavy atom. The van der Waals surface area contributed by atoms with Crippen LogP contribution in [0.5, 0.6) is 0 Å². The van der Waals surface area contributed by atoms with Crippen LogP contribution in [0.1, 0.15) is 22.3 Å². The van der Waals surface area contributed by atoms with Crippen LogP contribution < -0.4 is 4.90 Å². The molecule has 12 aromatic carbocycles. The molecule has 0 unspecified atom stereocenters. The second-order valence-corrected chi connectivity index (χ2v) is 19.2. The Morgan fingerprint density at radius 3 is 1.53 bits per heavy atom. The average Bonchev–Trinajstić information content (AvgIpc) is 4.00. The third kappa shape index (κ3) is 7.02. The van der Waals surface area contributed by atoms with Gasteiger partial charge < -0.3 is 9.32 Å². The molecule has 1 aliphatic carbocycles. The zero-order valence-corrected chi connectivity index (χ0v) is 40.0. The molecular formula is C71H47NO. The first-order valence-corrected chi connectivity index (χ1v) is 25.1. The van der Waals surface area contributed by atoms with E-state index in [9.17, 15) is 0 Å². The molecular weight excluding hydrogens is 883 g/mol. The van der Waals surface area contributed by atoms with Gasteiger partial charge in [0, 0.05) is 27.7 Å². The van der Waals surface area contributed by atoms with E-state index >= 15 is 0 Å². The molecule has 0 atom stereocenters. The van der Waals surface area contributed by atoms with Gasteiger partial charge in [-0.05, 0) is 138 Å². The maximum Gasteiger partial charge on any atom is 0.135 e. The number of para-hydroxylation sites is 2. The van der Waals surface area contributed by atoms with Gasteiger partial charge in [0.1, 0.15) is 11.2 Å². The molecule has 0 N–H and O–H groups in total. The largest absolute Gasteiger partial charge is 0.456 e. The summed E-state index contributed by atoms with van der Waals surface area (Å²) in [7, 11) is 0. The Kier molecular flexibility index (Phi) is 10.1. The summed E-state index contributed by atoms with van der Waals surface area (Å²) in [6.07, 6.45) is 0. The van der Waals surface area contributed by atoms with E-state index < -0.39 is 5.41 Å². The first-order valence-electron chi connectivity index (χ1n) is 25.1. The fraction of sp³-hybridized carbons (Fsp3) is 0.0141. The van der Waals surface area contributed by atoms with Gasteiger partial charge in [0.05, 0.1) is 11.1 Å². The van der Waals surface area contributed by atoms with Crippen LogP contribution in [0.25, 0.3) is 88.3 Å². The molecule has 13 aromatic rings. The molecule has 1 aliphatic rings. The van der Waals surface area contributed by atoms with Crippen LogP contribution in [-0.4, -0.2) is 0 Å². The lowest BCUT2D eigenvalue weighted by molar-refractivity contribution is 0.669. The van der Waals surface area contributed by atoms with Crippen molar-refractivity contribution in [2.24, 2.45) is 0 Å². The summed E-state index contributed by atoms with van der Waals surface area (Å²) < 4.78 is 6.22. The van der Waals surface area contributed by atoms with E-state index in [0.29, 0.717) is 0 Å². The van der Waals surface area contributed by atoms with Gasteiger partial charge in [-0.2, -0.15) is 0 Å². The lowest BCUT2D eigenvalue weighted by Crippen LogP contribution is -2.28. The molecule has 2 nitrogen and oxygen atoms in total. The summed E-state index contributed by atoms with van der Waals surface area (Å²) in [5.41, 5.74) is 21.6. The summed E-state index contributed by atoms with van der Waals surface area (Å²) in [6, 6.07) is 104. The van der Waals surface area contributed by atoms with Gasteiger partial charge in [-0.25, -0.2) is 0 Å². The summed E-state index contributed by atoms with van der Waals surface area (Å²) in [4.78, 5) is 2.45. The highest BCUT2D eigenvalue weighted by Gasteiger charge is 2.47. The quantitative estimate of drug-likeness (QED) is 0.143. The van der Waals surface area contributed by atoms with E-state index in [1.165, 1.54) is 72.0 Å². The van der Waals surface area contributed by atoms with E-state index in [1.54, 1.807) is 0 Å². The van der Waals surface area contributed by atoms with Gasteiger partial charge in [0.15, 0.2) is 0 Å². The molecule has 0 bridgehead atoms. The van der Waals surface area contributed by atoms with Crippen molar-refractivity contribution < 1.29 is 4.42 Å². The van der Waals surface area contributed by atoms with Gasteiger partial charge in [0.2, 0.25) is 0 Å². The summed E-state index contributed by atoms with van der Waals surface area (Å²) in [5, 5.41) is 4.61. The molecule has 342 valence electrons. The van der Waals surface area contributed by atoms with Crippen molar-refractivity contribution in [1.82, 2.24) is 0 Å². The maximum absolute atomic E-state index is 6.22. The van der Waals surface area contributed by atoms with E-state index in [4.69, 9.17) is 4.42 Å². The van der Waals surface area contributed by atoms with Crippen LogP contribution in [0.15, 0.2) is 290 Å². The third-order valence-corrected chi connectivity index (χ3v) is 15.2. The van der Waals surface area contributed by atoms with Crippen molar-refractivity contribution in [2.45, 2.75) is 5.41 Å². The molecule has 14 rings (SSSR count). The van der Waals surface area contributed by atoms with Gasteiger partial charge in [-0.15, -0.1) is 0 Å². The Bertz CT molecular complexity index is 4130. The lowest BCUT2D eigenvalue weighted by atomic mass is 9.67. The van der Waals surface area contributed by atoms with Crippen molar-refractivity contribution in [2.75, 3.05) is 4.90 Å². The number of furan rings is 1. The molecule has 1 heterocycles. The standard InChI is InChI=1S/C71H47NO/c1-4-17-48(18-5-1)49-31-33-50(34-32-49)52-35-36-54-46-59(43-39-53(54)45-52)72(58-41-37-51(38-42-58)55-40-44-69-64(47-55)61-24-12-15-30-68(61)73-69)67-29-14-11-23-60(67)62-26-16-28-66-70(62)63-25-10-13-27-65(63)71(66,56-19-6-2-7-20-56)57-21-8-3-9-22-57/h1-47H. The molecule has 0 radical (unpaired) electrons. The lowest BCUT2D eigenvalue weighted by Gasteiger charge is -2.34. The van der Waals surface area contributed by atoms with E-state index in [1.807, 2.05) is 12.1 Å². The minimum atomic E-state index is -0.512. The number of rotatable bonds is 9. The average molecular weight is 930 g/mol. The van der Waals surface area contributed by atoms with Crippen molar-refractivity contribution in [3.05, 3.63) is 307 Å². The number of benzene rings is 12. The summed E-state index contributed by atoms with van der Waals surface area (Å²) in [5.74, 6) is 0. The van der Waals surface area contributed by atoms with E-state index in [0.717, 1.165) is 55.7 Å². The normalized spacial score (nSPS) is 12.5. The minimum absolute atomic E-state index is 0.512. The van der Waals surface area contributed by atoms with Crippen molar-refractivity contribution in [3.8, 4) is 55.6 Å². The van der Waals surface area contributed by atoms with Gasteiger partial charge >= 0.3 is 0 Å². The molecule has 73 heavy (non-hydrogen) atoms. The highest BCUT2D eigenvalue weighted by atomic mass is 16.3. The predicted octanol–water partition coefficient (Wildman–Crippen LogP) is 19.2. The van der Waals surface area contributed by atoms with Gasteiger partial charge in [0.25, 0.3) is 0 Å². The first kappa shape index (κ1) is 42.4. The Balaban J connectivity index is 0.927. The number of fused-ring (bicyclic) bond motifs is 7. The Labute approximate surface area is 425 Å². The Hall–Kier alpha value is -9.50. The smallest absolute Gasteiger partial charge is 0.135 e. The van der Waals surface area contributed by atoms with Crippen LogP contribution in [-0.2, 0) is 5.41 Å². The highest BCUT2D eigenvalue weighted by Crippen LogP contribution is 2.59. The number of anilines is 3. The Morgan fingerprint density at radius 1 is 0.288 bits per heavy atom. The number of hydrogen-bond donors (Lipinski definition) is 0. The van der Waals surface area contributed by atoms with E-state index in [2.05, 4.69) is 278 Å². The molecule has 0 saturated carbocycles. The fourth-order valence-corrected chi connectivity index (χ4v) is 11.8. The molecule has 0 aliphatic heterocycles. The first-order chi connectivity index (χ1) is 36.2. The van der Waals surface area contributed by atoms with Crippen LogP contribution in [0.4, 0.5) is 17.1 Å². The molecule has 0 fully saturated rings. The topological polar surface area (TPSA) is 16.4 Å². The van der Waals surface area contributed by atoms with Crippen molar-refractivity contribution in [3.63, 3.8) is 0 Å². The van der Waals surface area contributed by atoms with Crippen LogP contribution in [0.2, 0.25) is 0 Å². The van der Waals surface area contributed by atoms with Crippen molar-refractivity contribution >= 4 is 49.8 Å². The van der Waals surface area contributed by atoms with Gasteiger partial charge in [-0.1, -0.05) is 231 Å². The monoisotopic (exact) mass is 929 g/mol. The summed E-state index contributed by atoms with van der Waals surface area (Å²) in [6.45, 7) is 0. The zero-order chi connectivity index (χ0) is 48.3. The summed E-state index contributed by atoms with van der Waals surface area (Å²) >= 11 is 0. The molecule has 0 amide bonds. The zero-order valence-electron chi connectivity index (χ0n) is 40.0. The van der Waals surface area contributed by atoms with Crippen LogP contribution in [0.3, 0.4) is 0 Å². The highest BCUT2D eigenvalue weighted by molar-refractivity contribution is 6.06. The second kappa shape index (κ2) is 17.4. The van der Waals surface area contributed by atoms with Crippen LogP contribution >= 0.6 is 0 Å². The molecule has 2 heteroatoms. The fourth-order valence-electron chi connectivity index (χ4n) is 11.8. The van der Waals surface area contributed by atoms with Crippen molar-refractivity contribution in [1.29, 1.82) is 0 Å². The predicted molar refractivity (Wildman–Crippen MR) is 305 cm³/mol.